The van der Waals surface area contributed by atoms with E-state index in [2.05, 4.69) is 18.2 Å². The van der Waals surface area contributed by atoms with Crippen molar-refractivity contribution in [2.75, 3.05) is 6.61 Å². The molecule has 0 spiro atoms. The predicted molar refractivity (Wildman–Crippen MR) is 55.6 cm³/mol. The van der Waals surface area contributed by atoms with E-state index in [9.17, 15) is 0 Å². The second-order valence-electron chi connectivity index (χ2n) is 2.93. The van der Waals surface area contributed by atoms with Crippen LogP contribution < -0.4 is 0 Å². The molecule has 1 aliphatic heterocycles. The molecule has 0 aliphatic carbocycles. The highest BCUT2D eigenvalue weighted by Crippen LogP contribution is 2.29. The van der Waals surface area contributed by atoms with Gasteiger partial charge in [0.1, 0.15) is 0 Å². The smallest absolute Gasteiger partial charge is 0.153 e. The molecule has 13 heavy (non-hydrogen) atoms. The topological polar surface area (TPSA) is 9.23 Å². The molecule has 1 aliphatic rings. The maximum Gasteiger partial charge on any atom is 0.153 e. The SMILES string of the molecule is C1=C(Sc2ccccc2)OCCC1. The highest BCUT2D eigenvalue weighted by atomic mass is 32.2. The van der Waals surface area contributed by atoms with E-state index in [0.29, 0.717) is 0 Å². The summed E-state index contributed by atoms with van der Waals surface area (Å²) in [5.41, 5.74) is 0. The summed E-state index contributed by atoms with van der Waals surface area (Å²) in [6, 6.07) is 10.3. The van der Waals surface area contributed by atoms with Crippen LogP contribution in [-0.4, -0.2) is 6.61 Å². The van der Waals surface area contributed by atoms with Crippen molar-refractivity contribution in [1.29, 1.82) is 0 Å². The fourth-order valence-corrected chi connectivity index (χ4v) is 2.08. The van der Waals surface area contributed by atoms with Crippen LogP contribution in [0, 0.1) is 0 Å². The van der Waals surface area contributed by atoms with Crippen molar-refractivity contribution in [2.24, 2.45) is 0 Å². The molecule has 2 heteroatoms. The minimum Gasteiger partial charge on any atom is -0.487 e. The average Bonchev–Trinajstić information content (AvgIpc) is 2.21. The van der Waals surface area contributed by atoms with Crippen LogP contribution in [0.15, 0.2) is 46.4 Å². The lowest BCUT2D eigenvalue weighted by atomic mass is 10.3. The van der Waals surface area contributed by atoms with Gasteiger partial charge in [0.2, 0.25) is 0 Å². The Labute approximate surface area is 82.8 Å². The summed E-state index contributed by atoms with van der Waals surface area (Å²) in [4.78, 5) is 1.25. The minimum atomic E-state index is 0.867. The zero-order valence-corrected chi connectivity index (χ0v) is 8.22. The Morgan fingerprint density at radius 1 is 1.15 bits per heavy atom. The number of ether oxygens (including phenoxy) is 1. The Bertz CT molecular complexity index is 292. The lowest BCUT2D eigenvalue weighted by Crippen LogP contribution is -1.97. The van der Waals surface area contributed by atoms with Gasteiger partial charge in [-0.05, 0) is 31.1 Å². The van der Waals surface area contributed by atoms with Crippen LogP contribution in [-0.2, 0) is 4.74 Å². The van der Waals surface area contributed by atoms with E-state index in [-0.39, 0.29) is 0 Å². The third-order valence-electron chi connectivity index (χ3n) is 1.87. The number of thioether (sulfide) groups is 1. The lowest BCUT2D eigenvalue weighted by molar-refractivity contribution is 0.220. The van der Waals surface area contributed by atoms with E-state index >= 15 is 0 Å². The van der Waals surface area contributed by atoms with Gasteiger partial charge in [-0.2, -0.15) is 0 Å². The van der Waals surface area contributed by atoms with Crippen molar-refractivity contribution in [2.45, 2.75) is 17.7 Å². The normalized spacial score (nSPS) is 16.2. The van der Waals surface area contributed by atoms with Crippen LogP contribution in [0.3, 0.4) is 0 Å². The Kier molecular flexibility index (Phi) is 2.93. The molecule has 0 aromatic heterocycles. The minimum absolute atomic E-state index is 0.867. The van der Waals surface area contributed by atoms with Crippen molar-refractivity contribution >= 4 is 11.8 Å². The number of benzene rings is 1. The Balaban J connectivity index is 2.01. The summed E-state index contributed by atoms with van der Waals surface area (Å²) in [6.07, 6.45) is 4.47. The zero-order valence-electron chi connectivity index (χ0n) is 7.40. The van der Waals surface area contributed by atoms with E-state index < -0.39 is 0 Å². The molecule has 1 nitrogen and oxygen atoms in total. The fraction of sp³-hybridized carbons (Fsp3) is 0.273. The molecule has 0 N–H and O–H groups in total. The maximum atomic E-state index is 5.51. The summed E-state index contributed by atoms with van der Waals surface area (Å²) in [5.74, 6) is 0. The molecule has 68 valence electrons. The number of hydrogen-bond acceptors (Lipinski definition) is 2. The van der Waals surface area contributed by atoms with Gasteiger partial charge in [0.05, 0.1) is 6.61 Å². The van der Waals surface area contributed by atoms with E-state index in [1.54, 1.807) is 11.8 Å². The van der Waals surface area contributed by atoms with Crippen molar-refractivity contribution in [3.8, 4) is 0 Å². The first-order valence-corrected chi connectivity index (χ1v) is 5.33. The monoisotopic (exact) mass is 192 g/mol. The van der Waals surface area contributed by atoms with Gasteiger partial charge >= 0.3 is 0 Å². The first-order valence-electron chi connectivity index (χ1n) is 4.51. The quantitative estimate of drug-likeness (QED) is 0.710. The van der Waals surface area contributed by atoms with Gasteiger partial charge in [0, 0.05) is 4.90 Å². The van der Waals surface area contributed by atoms with Crippen LogP contribution in [0.4, 0.5) is 0 Å². The molecule has 0 saturated carbocycles. The molecule has 0 amide bonds. The lowest BCUT2D eigenvalue weighted by Gasteiger charge is -2.13. The van der Waals surface area contributed by atoms with Gasteiger partial charge in [0.15, 0.2) is 5.09 Å². The largest absolute Gasteiger partial charge is 0.487 e. The molecular weight excluding hydrogens is 180 g/mol. The Morgan fingerprint density at radius 2 is 2.00 bits per heavy atom. The summed E-state index contributed by atoms with van der Waals surface area (Å²) in [5, 5.41) is 1.05. The van der Waals surface area contributed by atoms with Gasteiger partial charge in [-0.15, -0.1) is 0 Å². The molecular formula is C11H12OS. The van der Waals surface area contributed by atoms with E-state index in [4.69, 9.17) is 4.74 Å². The first kappa shape index (κ1) is 8.70. The van der Waals surface area contributed by atoms with Gasteiger partial charge in [-0.25, -0.2) is 0 Å². The van der Waals surface area contributed by atoms with Gasteiger partial charge in [-0.1, -0.05) is 30.0 Å². The van der Waals surface area contributed by atoms with Gasteiger partial charge in [0.25, 0.3) is 0 Å². The van der Waals surface area contributed by atoms with Crippen LogP contribution in [0.1, 0.15) is 12.8 Å². The summed E-state index contributed by atoms with van der Waals surface area (Å²) < 4.78 is 5.51. The average molecular weight is 192 g/mol. The molecule has 0 atom stereocenters. The zero-order chi connectivity index (χ0) is 8.93. The second-order valence-corrected chi connectivity index (χ2v) is 4.01. The summed E-state index contributed by atoms with van der Waals surface area (Å²) >= 11 is 1.70. The maximum absolute atomic E-state index is 5.51. The Morgan fingerprint density at radius 3 is 2.69 bits per heavy atom. The number of hydrogen-bond donors (Lipinski definition) is 0. The van der Waals surface area contributed by atoms with Crippen molar-refractivity contribution < 1.29 is 4.74 Å². The molecule has 0 unspecified atom stereocenters. The van der Waals surface area contributed by atoms with Gasteiger partial charge in [-0.3, -0.25) is 0 Å². The summed E-state index contributed by atoms with van der Waals surface area (Å²) in [6.45, 7) is 0.867. The highest BCUT2D eigenvalue weighted by molar-refractivity contribution is 8.02. The molecule has 0 radical (unpaired) electrons. The van der Waals surface area contributed by atoms with Crippen molar-refractivity contribution in [3.05, 3.63) is 41.5 Å². The molecule has 0 fully saturated rings. The number of rotatable bonds is 2. The molecule has 2 rings (SSSR count). The molecule has 0 saturated heterocycles. The van der Waals surface area contributed by atoms with E-state index in [0.717, 1.165) is 24.5 Å². The van der Waals surface area contributed by atoms with Gasteiger partial charge < -0.3 is 4.74 Å². The molecule has 1 aromatic carbocycles. The summed E-state index contributed by atoms with van der Waals surface area (Å²) in [7, 11) is 0. The standard InChI is InChI=1S/C11H12OS/c1-2-6-10(7-3-1)13-11-8-4-5-9-12-11/h1-3,6-8H,4-5,9H2. The molecule has 1 aromatic rings. The highest BCUT2D eigenvalue weighted by Gasteiger charge is 2.05. The fourth-order valence-electron chi connectivity index (χ4n) is 1.21. The Hall–Kier alpha value is -0.890. The predicted octanol–water partition coefficient (Wildman–Crippen LogP) is 3.43. The van der Waals surface area contributed by atoms with Crippen LogP contribution in [0.2, 0.25) is 0 Å². The van der Waals surface area contributed by atoms with Crippen LogP contribution >= 0.6 is 11.8 Å². The second kappa shape index (κ2) is 4.38. The third kappa shape index (κ3) is 2.52. The van der Waals surface area contributed by atoms with Crippen molar-refractivity contribution in [1.82, 2.24) is 0 Å². The third-order valence-corrected chi connectivity index (χ3v) is 2.86. The van der Waals surface area contributed by atoms with Crippen LogP contribution in [0.5, 0.6) is 0 Å². The van der Waals surface area contributed by atoms with Crippen LogP contribution in [0.25, 0.3) is 0 Å². The molecule has 1 heterocycles. The van der Waals surface area contributed by atoms with Crippen molar-refractivity contribution in [3.63, 3.8) is 0 Å². The molecule has 0 bridgehead atoms. The first-order chi connectivity index (χ1) is 6.45. The number of allylic oxidation sites excluding steroid dienone is 1. The van der Waals surface area contributed by atoms with E-state index in [1.165, 1.54) is 4.90 Å². The van der Waals surface area contributed by atoms with E-state index in [1.807, 2.05) is 18.2 Å².